The highest BCUT2D eigenvalue weighted by Crippen LogP contribution is 2.48. The van der Waals surface area contributed by atoms with E-state index in [-0.39, 0.29) is 36.7 Å². The van der Waals surface area contributed by atoms with Crippen LogP contribution in [0.2, 0.25) is 0 Å². The van der Waals surface area contributed by atoms with Gasteiger partial charge in [-0.15, -0.1) is 0 Å². The summed E-state index contributed by atoms with van der Waals surface area (Å²) >= 11 is 0. The number of nitrogens with one attached hydrogen (secondary N) is 1. The van der Waals surface area contributed by atoms with Crippen LogP contribution in [0.15, 0.2) is 72.8 Å². The summed E-state index contributed by atoms with van der Waals surface area (Å²) < 4.78 is 27.7. The van der Waals surface area contributed by atoms with Crippen molar-refractivity contribution in [3.05, 3.63) is 95.6 Å². The molecule has 0 saturated carbocycles. The molecule has 1 fully saturated rings. The van der Waals surface area contributed by atoms with E-state index in [2.05, 4.69) is 5.32 Å². The minimum Gasteiger partial charge on any atom is -0.394 e. The predicted octanol–water partition coefficient (Wildman–Crippen LogP) is 3.99. The monoisotopic (exact) mass is 449 g/mol. The number of halogens is 2. The molecule has 5 rings (SSSR count). The average molecular weight is 449 g/mol. The predicted molar refractivity (Wildman–Crippen MR) is 119 cm³/mol. The molecule has 3 aromatic rings. The van der Waals surface area contributed by atoms with Gasteiger partial charge in [0.15, 0.2) is 0 Å². The number of carbonyl (C=O) groups excluding carboxylic acids is 2. The summed E-state index contributed by atoms with van der Waals surface area (Å²) in [6, 6.07) is 17.4. The molecule has 0 radical (unpaired) electrons. The van der Waals surface area contributed by atoms with E-state index in [0.717, 1.165) is 23.8 Å². The van der Waals surface area contributed by atoms with E-state index in [4.69, 9.17) is 0 Å². The quantitative estimate of drug-likeness (QED) is 0.635. The van der Waals surface area contributed by atoms with Crippen LogP contribution in [0.5, 0.6) is 0 Å². The van der Waals surface area contributed by atoms with E-state index in [9.17, 15) is 23.5 Å². The third kappa shape index (κ3) is 3.52. The van der Waals surface area contributed by atoms with Gasteiger partial charge in [0.05, 0.1) is 24.4 Å². The van der Waals surface area contributed by atoms with E-state index in [1.54, 1.807) is 41.3 Å². The Morgan fingerprint density at radius 2 is 1.73 bits per heavy atom. The molecule has 168 valence electrons. The zero-order valence-electron chi connectivity index (χ0n) is 17.5. The number of urea groups is 1. The van der Waals surface area contributed by atoms with Crippen LogP contribution in [0.25, 0.3) is 0 Å². The summed E-state index contributed by atoms with van der Waals surface area (Å²) in [5.41, 5.74) is 1.66. The highest BCUT2D eigenvalue weighted by molar-refractivity contribution is 6.03. The SMILES string of the molecule is O=C(Nc1cc(F)ccc1F)N1C[C@H]2[C@@H](c3ccccc31)[C@@H](CO)N2C(=O)c1ccccc1. The average Bonchev–Trinajstić information content (AvgIpc) is 2.82. The second-order valence-corrected chi connectivity index (χ2v) is 8.15. The summed E-state index contributed by atoms with van der Waals surface area (Å²) in [6.07, 6.45) is 0. The molecule has 8 heteroatoms. The molecular formula is C25H21F2N3O3. The van der Waals surface area contributed by atoms with Crippen LogP contribution in [-0.2, 0) is 0 Å². The van der Waals surface area contributed by atoms with E-state index in [0.29, 0.717) is 11.3 Å². The van der Waals surface area contributed by atoms with Gasteiger partial charge in [-0.2, -0.15) is 0 Å². The minimum absolute atomic E-state index is 0.145. The van der Waals surface area contributed by atoms with Gasteiger partial charge in [0.1, 0.15) is 11.6 Å². The summed E-state index contributed by atoms with van der Waals surface area (Å²) in [5, 5.41) is 12.5. The summed E-state index contributed by atoms with van der Waals surface area (Å²) in [7, 11) is 0. The molecule has 1 saturated heterocycles. The number of aliphatic hydroxyl groups is 1. The zero-order chi connectivity index (χ0) is 23.1. The van der Waals surface area contributed by atoms with Crippen molar-refractivity contribution in [2.45, 2.75) is 18.0 Å². The summed E-state index contributed by atoms with van der Waals surface area (Å²) in [4.78, 5) is 29.4. The van der Waals surface area contributed by atoms with Crippen LogP contribution in [0.1, 0.15) is 21.8 Å². The molecule has 2 N–H and O–H groups in total. The molecule has 0 unspecified atom stereocenters. The number of para-hydroxylation sites is 1. The van der Waals surface area contributed by atoms with E-state index in [1.807, 2.05) is 18.2 Å². The molecule has 3 atom stereocenters. The fraction of sp³-hybridized carbons (Fsp3) is 0.200. The normalized spacial score (nSPS) is 21.0. The summed E-state index contributed by atoms with van der Waals surface area (Å²) in [6.45, 7) is -0.0612. The molecule has 3 aromatic carbocycles. The standard InChI is InChI=1S/C25H21F2N3O3/c26-16-10-11-18(27)19(12-16)28-25(33)29-13-21-23(17-8-4-5-9-20(17)29)22(14-31)30(21)24(32)15-6-2-1-3-7-15/h1-12,21-23,31H,13-14H2,(H,28,33)/t21-,22+,23+/m0/s1. The van der Waals surface area contributed by atoms with Crippen molar-refractivity contribution < 1.29 is 23.5 Å². The molecule has 2 heterocycles. The molecule has 0 aromatic heterocycles. The highest BCUT2D eigenvalue weighted by Gasteiger charge is 2.55. The molecular weight excluding hydrogens is 428 g/mol. The Bertz CT molecular complexity index is 1220. The van der Waals surface area contributed by atoms with Crippen LogP contribution in [0, 0.1) is 11.6 Å². The zero-order valence-corrected chi connectivity index (χ0v) is 17.5. The molecule has 0 aliphatic carbocycles. The van der Waals surface area contributed by atoms with Gasteiger partial charge in [-0.25, -0.2) is 13.6 Å². The van der Waals surface area contributed by atoms with Crippen LogP contribution in [-0.4, -0.2) is 47.2 Å². The number of rotatable bonds is 3. The number of hydrogen-bond donors (Lipinski definition) is 2. The van der Waals surface area contributed by atoms with Crippen molar-refractivity contribution in [3.8, 4) is 0 Å². The van der Waals surface area contributed by atoms with Crippen LogP contribution in [0.3, 0.4) is 0 Å². The Hall–Kier alpha value is -3.78. The van der Waals surface area contributed by atoms with Gasteiger partial charge in [0, 0.05) is 29.8 Å². The molecule has 2 aliphatic heterocycles. The Balaban J connectivity index is 1.48. The number of carbonyl (C=O) groups is 2. The second kappa shape index (κ2) is 8.29. The lowest BCUT2D eigenvalue weighted by molar-refractivity contribution is -0.0241. The maximum absolute atomic E-state index is 14.1. The first-order chi connectivity index (χ1) is 16.0. The van der Waals surface area contributed by atoms with Gasteiger partial charge in [-0.3, -0.25) is 9.69 Å². The first kappa shape index (κ1) is 21.1. The first-order valence-electron chi connectivity index (χ1n) is 10.6. The number of benzene rings is 3. The maximum atomic E-state index is 14.1. The van der Waals surface area contributed by atoms with Crippen LogP contribution >= 0.6 is 0 Å². The summed E-state index contributed by atoms with van der Waals surface area (Å²) in [5.74, 6) is -1.80. The third-order valence-corrected chi connectivity index (χ3v) is 6.36. The number of anilines is 2. The molecule has 0 spiro atoms. The maximum Gasteiger partial charge on any atom is 0.326 e. The Morgan fingerprint density at radius 3 is 2.48 bits per heavy atom. The highest BCUT2D eigenvalue weighted by atomic mass is 19.1. The third-order valence-electron chi connectivity index (χ3n) is 6.36. The molecule has 33 heavy (non-hydrogen) atoms. The number of fused-ring (bicyclic) bond motifs is 3. The van der Waals surface area contributed by atoms with Crippen molar-refractivity contribution in [2.75, 3.05) is 23.4 Å². The van der Waals surface area contributed by atoms with Gasteiger partial charge in [-0.05, 0) is 35.9 Å². The van der Waals surface area contributed by atoms with E-state index < -0.39 is 23.7 Å². The van der Waals surface area contributed by atoms with Crippen molar-refractivity contribution in [3.63, 3.8) is 0 Å². The van der Waals surface area contributed by atoms with E-state index in [1.165, 1.54) is 4.90 Å². The number of aliphatic hydroxyl groups excluding tert-OH is 1. The molecule has 2 aliphatic rings. The number of hydrogen-bond acceptors (Lipinski definition) is 3. The largest absolute Gasteiger partial charge is 0.394 e. The second-order valence-electron chi connectivity index (χ2n) is 8.15. The van der Waals surface area contributed by atoms with Crippen molar-refractivity contribution in [2.24, 2.45) is 0 Å². The van der Waals surface area contributed by atoms with Gasteiger partial charge in [-0.1, -0.05) is 36.4 Å². The van der Waals surface area contributed by atoms with Gasteiger partial charge < -0.3 is 15.3 Å². The molecule has 3 amide bonds. The molecule has 6 nitrogen and oxygen atoms in total. The van der Waals surface area contributed by atoms with Crippen LogP contribution in [0.4, 0.5) is 25.0 Å². The van der Waals surface area contributed by atoms with Gasteiger partial charge in [0.2, 0.25) is 0 Å². The fourth-order valence-electron chi connectivity index (χ4n) is 4.86. The number of likely N-dealkylation sites (tertiary alicyclic amines) is 1. The van der Waals surface area contributed by atoms with E-state index >= 15 is 0 Å². The smallest absolute Gasteiger partial charge is 0.326 e. The number of nitrogens with zero attached hydrogens (tertiary/aromatic N) is 2. The lowest BCUT2D eigenvalue weighted by Gasteiger charge is -2.58. The van der Waals surface area contributed by atoms with Gasteiger partial charge in [0.25, 0.3) is 5.91 Å². The lowest BCUT2D eigenvalue weighted by Crippen LogP contribution is -2.71. The lowest BCUT2D eigenvalue weighted by atomic mass is 9.71. The molecule has 0 bridgehead atoms. The van der Waals surface area contributed by atoms with Crippen LogP contribution < -0.4 is 10.2 Å². The fourth-order valence-corrected chi connectivity index (χ4v) is 4.86. The number of amides is 3. The Labute approximate surface area is 189 Å². The minimum atomic E-state index is -0.752. The van der Waals surface area contributed by atoms with Crippen molar-refractivity contribution in [1.29, 1.82) is 0 Å². The van der Waals surface area contributed by atoms with Gasteiger partial charge >= 0.3 is 6.03 Å². The Kier molecular flexibility index (Phi) is 5.30. The Morgan fingerprint density at radius 1 is 1.00 bits per heavy atom. The van der Waals surface area contributed by atoms with Crippen molar-refractivity contribution in [1.82, 2.24) is 4.90 Å². The first-order valence-corrected chi connectivity index (χ1v) is 10.6. The topological polar surface area (TPSA) is 72.9 Å². The van der Waals surface area contributed by atoms with Crippen molar-refractivity contribution >= 4 is 23.3 Å².